The van der Waals surface area contributed by atoms with Gasteiger partial charge in [0.2, 0.25) is 5.91 Å². The first kappa shape index (κ1) is 16.1. The van der Waals surface area contributed by atoms with Crippen LogP contribution in [0.3, 0.4) is 0 Å². The summed E-state index contributed by atoms with van der Waals surface area (Å²) in [6.07, 6.45) is 8.05. The van der Waals surface area contributed by atoms with Crippen LogP contribution in [0.2, 0.25) is 5.15 Å². The highest BCUT2D eigenvalue weighted by Gasteiger charge is 2.50. The van der Waals surface area contributed by atoms with Gasteiger partial charge in [-0.1, -0.05) is 11.6 Å². The fraction of sp³-hybridized carbons (Fsp3) is 0.706. The third-order valence-electron chi connectivity index (χ3n) is 5.69. The van der Waals surface area contributed by atoms with Crippen LogP contribution in [0.4, 0.5) is 5.82 Å². The number of carbonyl (C=O) groups is 1. The molecule has 1 amide bonds. The minimum Gasteiger partial charge on any atom is -0.381 e. The van der Waals surface area contributed by atoms with Crippen LogP contribution in [0, 0.1) is 5.41 Å². The summed E-state index contributed by atoms with van der Waals surface area (Å²) < 4.78 is 5.44. The largest absolute Gasteiger partial charge is 0.381 e. The lowest BCUT2D eigenvalue weighted by Crippen LogP contribution is -2.50. The minimum atomic E-state index is -0.280. The van der Waals surface area contributed by atoms with Crippen molar-refractivity contribution in [1.82, 2.24) is 14.9 Å². The number of carbonyl (C=O) groups excluding carboxylic acids is 1. The molecule has 24 heavy (non-hydrogen) atoms. The fourth-order valence-corrected chi connectivity index (χ4v) is 4.63. The molecule has 1 spiro atoms. The number of amides is 1. The molecule has 1 aromatic rings. The van der Waals surface area contributed by atoms with E-state index in [0.717, 1.165) is 58.4 Å². The molecule has 0 unspecified atom stereocenters. The van der Waals surface area contributed by atoms with Crippen molar-refractivity contribution >= 4 is 23.3 Å². The average molecular weight is 351 g/mol. The van der Waals surface area contributed by atoms with E-state index < -0.39 is 0 Å². The maximum atomic E-state index is 13.2. The first-order chi connectivity index (χ1) is 11.7. The van der Waals surface area contributed by atoms with Gasteiger partial charge < -0.3 is 14.5 Å². The van der Waals surface area contributed by atoms with Crippen LogP contribution in [0.1, 0.15) is 32.1 Å². The Labute approximate surface area is 147 Å². The molecule has 1 aromatic heterocycles. The van der Waals surface area contributed by atoms with Crippen LogP contribution in [-0.2, 0) is 9.53 Å². The summed E-state index contributed by atoms with van der Waals surface area (Å²) in [4.78, 5) is 26.0. The summed E-state index contributed by atoms with van der Waals surface area (Å²) in [7, 11) is 0. The molecule has 3 fully saturated rings. The number of hydrogen-bond acceptors (Lipinski definition) is 5. The van der Waals surface area contributed by atoms with Crippen molar-refractivity contribution in [2.24, 2.45) is 5.41 Å². The minimum absolute atomic E-state index is 0.280. The molecule has 0 N–H and O–H groups in total. The van der Waals surface area contributed by atoms with E-state index in [-0.39, 0.29) is 5.41 Å². The van der Waals surface area contributed by atoms with E-state index >= 15 is 0 Å². The molecule has 0 saturated carbocycles. The number of ether oxygens (including phenoxy) is 1. The SMILES string of the molecule is O=C1N(C2CCOCC2)CC[C@@]12CCCN(c1nccnc1Cl)C2. The van der Waals surface area contributed by atoms with Crippen LogP contribution in [-0.4, -0.2) is 59.7 Å². The predicted octanol–water partition coefficient (Wildman–Crippen LogP) is 2.13. The highest BCUT2D eigenvalue weighted by Crippen LogP contribution is 2.43. The molecule has 6 nitrogen and oxygen atoms in total. The number of rotatable bonds is 2. The first-order valence-corrected chi connectivity index (χ1v) is 9.18. The Morgan fingerprint density at radius 1 is 1.17 bits per heavy atom. The second-order valence-corrected chi connectivity index (χ2v) is 7.43. The van der Waals surface area contributed by atoms with Gasteiger partial charge in [-0.15, -0.1) is 0 Å². The van der Waals surface area contributed by atoms with Gasteiger partial charge >= 0.3 is 0 Å². The highest BCUT2D eigenvalue weighted by atomic mass is 35.5. The Kier molecular flexibility index (Phi) is 4.35. The standard InChI is InChI=1S/C17H23ClN4O2/c18-14-15(20-7-6-19-14)21-8-1-4-17(12-21)5-9-22(16(17)23)13-2-10-24-11-3-13/h6-7,13H,1-5,8-12H2/t17-/m1/s1. The van der Waals surface area contributed by atoms with Gasteiger partial charge in [0.15, 0.2) is 11.0 Å². The summed E-state index contributed by atoms with van der Waals surface area (Å²) in [6, 6.07) is 0.348. The number of aromatic nitrogens is 2. The normalized spacial score (nSPS) is 28.8. The summed E-state index contributed by atoms with van der Waals surface area (Å²) >= 11 is 6.21. The summed E-state index contributed by atoms with van der Waals surface area (Å²) in [5.74, 6) is 1.02. The van der Waals surface area contributed by atoms with Crippen LogP contribution in [0.15, 0.2) is 12.4 Å². The van der Waals surface area contributed by atoms with Gasteiger partial charge in [-0.2, -0.15) is 0 Å². The first-order valence-electron chi connectivity index (χ1n) is 8.80. The molecule has 0 bridgehead atoms. The predicted molar refractivity (Wildman–Crippen MR) is 91.1 cm³/mol. The van der Waals surface area contributed by atoms with Crippen molar-refractivity contribution < 1.29 is 9.53 Å². The quantitative estimate of drug-likeness (QED) is 0.817. The summed E-state index contributed by atoms with van der Waals surface area (Å²) in [5.41, 5.74) is -0.280. The number of likely N-dealkylation sites (tertiary alicyclic amines) is 1. The molecular formula is C17H23ClN4O2. The molecule has 4 heterocycles. The van der Waals surface area contributed by atoms with Crippen LogP contribution >= 0.6 is 11.6 Å². The highest BCUT2D eigenvalue weighted by molar-refractivity contribution is 6.31. The smallest absolute Gasteiger partial charge is 0.230 e. The van der Waals surface area contributed by atoms with E-state index in [1.54, 1.807) is 12.4 Å². The van der Waals surface area contributed by atoms with Crippen LogP contribution < -0.4 is 4.90 Å². The van der Waals surface area contributed by atoms with Gasteiger partial charge in [-0.25, -0.2) is 9.97 Å². The van der Waals surface area contributed by atoms with Gasteiger partial charge in [0, 0.05) is 51.3 Å². The number of halogens is 1. The van der Waals surface area contributed by atoms with Crippen molar-refractivity contribution in [3.05, 3.63) is 17.5 Å². The third kappa shape index (κ3) is 2.75. The van der Waals surface area contributed by atoms with Crippen LogP contribution in [0.25, 0.3) is 0 Å². The van der Waals surface area contributed by atoms with E-state index in [0.29, 0.717) is 29.5 Å². The Balaban J connectivity index is 1.53. The second-order valence-electron chi connectivity index (χ2n) is 7.07. The molecule has 3 aliphatic heterocycles. The topological polar surface area (TPSA) is 58.6 Å². The number of hydrogen-bond donors (Lipinski definition) is 0. The number of nitrogens with zero attached hydrogens (tertiary/aromatic N) is 4. The third-order valence-corrected chi connectivity index (χ3v) is 5.96. The molecule has 0 aromatic carbocycles. The Hall–Kier alpha value is -1.40. The van der Waals surface area contributed by atoms with Crippen LogP contribution in [0.5, 0.6) is 0 Å². The Bertz CT molecular complexity index is 622. The van der Waals surface area contributed by atoms with E-state index in [2.05, 4.69) is 19.8 Å². The van der Waals surface area contributed by atoms with Gasteiger partial charge in [0.25, 0.3) is 0 Å². The van der Waals surface area contributed by atoms with Crippen molar-refractivity contribution in [1.29, 1.82) is 0 Å². The number of piperidine rings is 1. The monoisotopic (exact) mass is 350 g/mol. The second kappa shape index (κ2) is 6.48. The van der Waals surface area contributed by atoms with Crippen molar-refractivity contribution in [3.8, 4) is 0 Å². The lowest BCUT2D eigenvalue weighted by Gasteiger charge is -2.40. The van der Waals surface area contributed by atoms with E-state index in [1.807, 2.05) is 0 Å². The lowest BCUT2D eigenvalue weighted by atomic mass is 9.78. The molecule has 3 aliphatic rings. The van der Waals surface area contributed by atoms with E-state index in [1.165, 1.54) is 0 Å². The van der Waals surface area contributed by atoms with Crippen molar-refractivity contribution in [2.75, 3.05) is 37.7 Å². The molecular weight excluding hydrogens is 328 g/mol. The zero-order chi connectivity index (χ0) is 16.6. The molecule has 130 valence electrons. The van der Waals surface area contributed by atoms with Gasteiger partial charge in [-0.05, 0) is 32.1 Å². The van der Waals surface area contributed by atoms with Gasteiger partial charge in [0.1, 0.15) is 0 Å². The Morgan fingerprint density at radius 2 is 1.96 bits per heavy atom. The molecule has 4 rings (SSSR count). The zero-order valence-electron chi connectivity index (χ0n) is 13.8. The maximum absolute atomic E-state index is 13.2. The van der Waals surface area contributed by atoms with Crippen molar-refractivity contribution in [3.63, 3.8) is 0 Å². The molecule has 1 atom stereocenters. The fourth-order valence-electron chi connectivity index (χ4n) is 4.41. The average Bonchev–Trinajstić information content (AvgIpc) is 2.92. The van der Waals surface area contributed by atoms with Gasteiger partial charge in [0.05, 0.1) is 5.41 Å². The molecule has 0 aliphatic carbocycles. The molecule has 7 heteroatoms. The molecule has 0 radical (unpaired) electrons. The number of anilines is 1. The maximum Gasteiger partial charge on any atom is 0.230 e. The summed E-state index contributed by atoms with van der Waals surface area (Å²) in [6.45, 7) is 3.98. The summed E-state index contributed by atoms with van der Waals surface area (Å²) in [5, 5.41) is 0.418. The van der Waals surface area contributed by atoms with E-state index in [9.17, 15) is 4.79 Å². The van der Waals surface area contributed by atoms with E-state index in [4.69, 9.17) is 16.3 Å². The molecule has 3 saturated heterocycles. The van der Waals surface area contributed by atoms with Gasteiger partial charge in [-0.3, -0.25) is 4.79 Å². The zero-order valence-corrected chi connectivity index (χ0v) is 14.5. The Morgan fingerprint density at radius 3 is 2.75 bits per heavy atom. The van der Waals surface area contributed by atoms with Crippen molar-refractivity contribution in [2.45, 2.75) is 38.1 Å². The lowest BCUT2D eigenvalue weighted by molar-refractivity contribution is -0.139.